The highest BCUT2D eigenvalue weighted by Gasteiger charge is 2.39. The molecule has 0 aromatic heterocycles. The fourth-order valence-corrected chi connectivity index (χ4v) is 1.79. The van der Waals surface area contributed by atoms with Gasteiger partial charge in [-0.25, -0.2) is 9.24 Å². The van der Waals surface area contributed by atoms with Crippen molar-refractivity contribution >= 4 is 7.75 Å². The summed E-state index contributed by atoms with van der Waals surface area (Å²) in [6, 6.07) is 0. The van der Waals surface area contributed by atoms with Gasteiger partial charge >= 0.3 is 7.75 Å². The van der Waals surface area contributed by atoms with Crippen LogP contribution in [-0.2, 0) is 13.6 Å². The highest BCUT2D eigenvalue weighted by molar-refractivity contribution is 7.51. The Morgan fingerprint density at radius 3 is 1.89 bits per heavy atom. The molecule has 54 valence electrons. The first kappa shape index (κ1) is 7.22. The molecule has 5 heteroatoms. The van der Waals surface area contributed by atoms with Crippen molar-refractivity contribution in [3.05, 3.63) is 0 Å². The van der Waals surface area contributed by atoms with E-state index in [0.717, 1.165) is 13.1 Å². The Bertz CT molecular complexity index is 137. The second kappa shape index (κ2) is 2.39. The van der Waals surface area contributed by atoms with Gasteiger partial charge in [0, 0.05) is 27.3 Å². The molecule has 0 amide bonds. The molecule has 0 spiro atoms. The minimum atomic E-state index is -2.81. The van der Waals surface area contributed by atoms with Crippen molar-refractivity contribution in [2.75, 3.05) is 27.3 Å². The summed E-state index contributed by atoms with van der Waals surface area (Å²) in [6.07, 6.45) is 0. The van der Waals surface area contributed by atoms with Gasteiger partial charge in [0.2, 0.25) is 0 Å². The molecule has 0 radical (unpaired) electrons. The summed E-state index contributed by atoms with van der Waals surface area (Å²) in [6.45, 7) is 1.64. The van der Waals surface area contributed by atoms with E-state index in [-0.39, 0.29) is 0 Å². The second-order valence-electron chi connectivity index (χ2n) is 1.79. The molecule has 1 saturated heterocycles. The Labute approximate surface area is 54.3 Å². The molecule has 0 aromatic rings. The Hall–Kier alpha value is 0.110. The van der Waals surface area contributed by atoms with Gasteiger partial charge in [0.05, 0.1) is 0 Å². The minimum absolute atomic E-state index is 0.818. The smallest absolute Gasteiger partial charge is 0.300 e. The van der Waals surface area contributed by atoms with Gasteiger partial charge < -0.3 is 0 Å². The average Bonchev–Trinajstić information content (AvgIpc) is 2.68. The Morgan fingerprint density at radius 2 is 1.78 bits per heavy atom. The average molecular weight is 151 g/mol. The maximum atomic E-state index is 11.2. The van der Waals surface area contributed by atoms with Crippen LogP contribution < -0.4 is 0 Å². The molecule has 1 fully saturated rings. The van der Waals surface area contributed by atoms with Gasteiger partial charge in [-0.15, -0.1) is 0 Å². The van der Waals surface area contributed by atoms with Crippen LogP contribution in [-0.4, -0.2) is 32.0 Å². The van der Waals surface area contributed by atoms with Crippen LogP contribution in [0.1, 0.15) is 0 Å². The summed E-state index contributed by atoms with van der Waals surface area (Å²) < 4.78 is 22.2. The maximum absolute atomic E-state index is 11.2. The topological polar surface area (TPSA) is 38.5 Å². The third kappa shape index (κ3) is 1.33. The molecule has 0 aromatic carbocycles. The molecule has 0 N–H and O–H groups in total. The van der Waals surface area contributed by atoms with Crippen molar-refractivity contribution in [2.45, 2.75) is 0 Å². The fraction of sp³-hybridized carbons (Fsp3) is 1.00. The van der Waals surface area contributed by atoms with Gasteiger partial charge in [0.1, 0.15) is 0 Å². The van der Waals surface area contributed by atoms with Crippen molar-refractivity contribution < 1.29 is 13.6 Å². The number of rotatable bonds is 3. The highest BCUT2D eigenvalue weighted by atomic mass is 31.2. The zero-order valence-corrected chi connectivity index (χ0v) is 6.43. The summed E-state index contributed by atoms with van der Waals surface area (Å²) in [5.41, 5.74) is 0. The van der Waals surface area contributed by atoms with Crippen molar-refractivity contribution in [2.24, 2.45) is 0 Å². The monoisotopic (exact) mass is 151 g/mol. The van der Waals surface area contributed by atoms with Crippen LogP contribution in [0.4, 0.5) is 0 Å². The lowest BCUT2D eigenvalue weighted by Gasteiger charge is -2.12. The first-order chi connectivity index (χ1) is 4.23. The molecule has 0 atom stereocenters. The van der Waals surface area contributed by atoms with Gasteiger partial charge in [-0.2, -0.15) is 0 Å². The van der Waals surface area contributed by atoms with E-state index in [2.05, 4.69) is 9.05 Å². The number of hydrogen-bond acceptors (Lipinski definition) is 3. The third-order valence-corrected chi connectivity index (χ3v) is 3.25. The summed E-state index contributed by atoms with van der Waals surface area (Å²) in [5.74, 6) is 0. The molecule has 0 bridgehead atoms. The zero-order valence-electron chi connectivity index (χ0n) is 5.53. The van der Waals surface area contributed by atoms with Crippen LogP contribution in [0.3, 0.4) is 0 Å². The van der Waals surface area contributed by atoms with E-state index in [1.165, 1.54) is 14.2 Å². The second-order valence-corrected chi connectivity index (χ2v) is 4.02. The first-order valence-electron chi connectivity index (χ1n) is 2.70. The Balaban J connectivity index is 2.54. The highest BCUT2D eigenvalue weighted by Crippen LogP contribution is 2.54. The normalized spacial score (nSPS) is 20.2. The van der Waals surface area contributed by atoms with Gasteiger partial charge in [0.15, 0.2) is 0 Å². The SMILES string of the molecule is COP(=O)(OC)N1CC1. The standard InChI is InChI=1S/C4H10NO3P/c1-7-9(6,8-2)5-3-4-5/h3-4H2,1-2H3. The largest absolute Gasteiger partial charge is 0.407 e. The quantitative estimate of drug-likeness (QED) is 0.439. The van der Waals surface area contributed by atoms with Crippen LogP contribution in [0.15, 0.2) is 0 Å². The fourth-order valence-electron chi connectivity index (χ4n) is 0.595. The van der Waals surface area contributed by atoms with E-state index in [4.69, 9.17) is 0 Å². The van der Waals surface area contributed by atoms with Gasteiger partial charge in [-0.05, 0) is 0 Å². The van der Waals surface area contributed by atoms with Gasteiger partial charge in [-0.3, -0.25) is 9.05 Å². The molecule has 0 unspecified atom stereocenters. The van der Waals surface area contributed by atoms with Crippen molar-refractivity contribution in [3.63, 3.8) is 0 Å². The number of hydrogen-bond donors (Lipinski definition) is 0. The van der Waals surface area contributed by atoms with E-state index in [9.17, 15) is 4.57 Å². The van der Waals surface area contributed by atoms with Crippen LogP contribution in [0.25, 0.3) is 0 Å². The van der Waals surface area contributed by atoms with E-state index < -0.39 is 7.75 Å². The molecular weight excluding hydrogens is 141 g/mol. The first-order valence-corrected chi connectivity index (χ1v) is 4.19. The molecule has 4 nitrogen and oxygen atoms in total. The van der Waals surface area contributed by atoms with E-state index >= 15 is 0 Å². The van der Waals surface area contributed by atoms with E-state index in [1.807, 2.05) is 0 Å². The Kier molecular flexibility index (Phi) is 1.91. The van der Waals surface area contributed by atoms with Gasteiger partial charge in [-0.1, -0.05) is 0 Å². The van der Waals surface area contributed by atoms with Crippen LogP contribution in [0, 0.1) is 0 Å². The van der Waals surface area contributed by atoms with Crippen LogP contribution in [0.2, 0.25) is 0 Å². The lowest BCUT2D eigenvalue weighted by atomic mass is 11.0. The summed E-state index contributed by atoms with van der Waals surface area (Å²) in [5, 5.41) is 0. The molecule has 1 aliphatic rings. The summed E-state index contributed by atoms with van der Waals surface area (Å²) in [7, 11) is -0.0257. The predicted molar refractivity (Wildman–Crippen MR) is 33.2 cm³/mol. The third-order valence-electron chi connectivity index (χ3n) is 1.23. The van der Waals surface area contributed by atoms with Crippen molar-refractivity contribution in [3.8, 4) is 0 Å². The van der Waals surface area contributed by atoms with Crippen molar-refractivity contribution in [1.82, 2.24) is 4.67 Å². The zero-order chi connectivity index (χ0) is 6.91. The lowest BCUT2D eigenvalue weighted by Crippen LogP contribution is -1.97. The molecule has 0 aliphatic carbocycles. The molecule has 0 saturated carbocycles. The van der Waals surface area contributed by atoms with Crippen molar-refractivity contribution in [1.29, 1.82) is 0 Å². The van der Waals surface area contributed by atoms with E-state index in [1.54, 1.807) is 4.67 Å². The minimum Gasteiger partial charge on any atom is -0.300 e. The van der Waals surface area contributed by atoms with E-state index in [0.29, 0.717) is 0 Å². The van der Waals surface area contributed by atoms with Gasteiger partial charge in [0.25, 0.3) is 0 Å². The summed E-state index contributed by atoms with van der Waals surface area (Å²) in [4.78, 5) is 0. The molecule has 1 aliphatic heterocycles. The molecule has 1 rings (SSSR count). The molecular formula is C4H10NO3P. The molecule has 9 heavy (non-hydrogen) atoms. The maximum Gasteiger partial charge on any atom is 0.407 e. The van der Waals surface area contributed by atoms with Crippen LogP contribution >= 0.6 is 7.75 Å². The summed E-state index contributed by atoms with van der Waals surface area (Å²) >= 11 is 0. The Morgan fingerprint density at radius 1 is 1.33 bits per heavy atom. The lowest BCUT2D eigenvalue weighted by molar-refractivity contribution is 0.248. The predicted octanol–water partition coefficient (Wildman–Crippen LogP) is 0.703. The molecule has 1 heterocycles. The number of nitrogens with zero attached hydrogens (tertiary/aromatic N) is 1. The van der Waals surface area contributed by atoms with Crippen LogP contribution in [0.5, 0.6) is 0 Å².